The smallest absolute Gasteiger partial charge is 0.191 e. The van der Waals surface area contributed by atoms with Crippen molar-refractivity contribution in [1.29, 1.82) is 0 Å². The van der Waals surface area contributed by atoms with Crippen molar-refractivity contribution >= 4 is 51.6 Å². The Bertz CT molecular complexity index is 744. The zero-order chi connectivity index (χ0) is 17.8. The van der Waals surface area contributed by atoms with Crippen LogP contribution < -0.4 is 15.5 Å². The van der Waals surface area contributed by atoms with E-state index in [1.54, 1.807) is 7.05 Å². The number of aromatic nitrogens is 3. The fourth-order valence-electron chi connectivity index (χ4n) is 2.92. The van der Waals surface area contributed by atoms with Gasteiger partial charge in [-0.2, -0.15) is 0 Å². The van der Waals surface area contributed by atoms with Crippen molar-refractivity contribution in [1.82, 2.24) is 25.4 Å². The van der Waals surface area contributed by atoms with Gasteiger partial charge in [0, 0.05) is 43.4 Å². The van der Waals surface area contributed by atoms with Gasteiger partial charge in [-0.15, -0.1) is 34.2 Å². The van der Waals surface area contributed by atoms with E-state index in [2.05, 4.69) is 70.9 Å². The molecule has 0 saturated carbocycles. The number of aliphatic imine (C=N–C) groups is 1. The molecule has 0 amide bonds. The lowest BCUT2D eigenvalue weighted by atomic mass is 10.3. The Labute approximate surface area is 179 Å². The SMILES string of the molecule is CN=C(NCc1nnc(C)n1C)NC1CCN(c2ccc(Br)cc2)C1.I. The third-order valence-corrected chi connectivity index (χ3v) is 5.07. The van der Waals surface area contributed by atoms with E-state index in [-0.39, 0.29) is 24.0 Å². The summed E-state index contributed by atoms with van der Waals surface area (Å²) < 4.78 is 3.08. The molecule has 26 heavy (non-hydrogen) atoms. The summed E-state index contributed by atoms with van der Waals surface area (Å²) in [5.41, 5.74) is 1.25. The number of hydrogen-bond donors (Lipinski definition) is 2. The van der Waals surface area contributed by atoms with E-state index in [1.165, 1.54) is 5.69 Å². The Balaban J connectivity index is 0.00000243. The lowest BCUT2D eigenvalue weighted by Gasteiger charge is -2.20. The second-order valence-corrected chi connectivity index (χ2v) is 7.12. The van der Waals surface area contributed by atoms with Crippen molar-refractivity contribution in [2.24, 2.45) is 12.0 Å². The molecule has 1 aliphatic rings. The van der Waals surface area contributed by atoms with E-state index in [1.807, 2.05) is 18.5 Å². The van der Waals surface area contributed by atoms with Gasteiger partial charge in [-0.3, -0.25) is 4.99 Å². The van der Waals surface area contributed by atoms with Crippen LogP contribution in [0.5, 0.6) is 0 Å². The van der Waals surface area contributed by atoms with Gasteiger partial charge in [0.05, 0.1) is 6.54 Å². The summed E-state index contributed by atoms with van der Waals surface area (Å²) in [5.74, 6) is 2.59. The van der Waals surface area contributed by atoms with Gasteiger partial charge in [0.1, 0.15) is 5.82 Å². The standard InChI is InChI=1S/C17H24BrN7.HI/c1-12-22-23-16(24(12)3)10-20-17(19-2)21-14-8-9-25(11-14)15-6-4-13(18)5-7-15;/h4-7,14H,8-11H2,1-3H3,(H2,19,20,21);1H. The first-order valence-corrected chi connectivity index (χ1v) is 9.18. The van der Waals surface area contributed by atoms with E-state index in [0.29, 0.717) is 12.6 Å². The van der Waals surface area contributed by atoms with Crippen molar-refractivity contribution < 1.29 is 0 Å². The fraction of sp³-hybridized carbons (Fsp3) is 0.471. The Morgan fingerprint density at radius 2 is 2.04 bits per heavy atom. The molecule has 1 aromatic heterocycles. The highest BCUT2D eigenvalue weighted by atomic mass is 127. The summed E-state index contributed by atoms with van der Waals surface area (Å²) in [4.78, 5) is 6.72. The molecule has 7 nitrogen and oxygen atoms in total. The predicted molar refractivity (Wildman–Crippen MR) is 119 cm³/mol. The maximum atomic E-state index is 4.32. The van der Waals surface area contributed by atoms with Gasteiger partial charge in [-0.25, -0.2) is 0 Å². The molecule has 1 saturated heterocycles. The molecule has 0 spiro atoms. The molecule has 2 N–H and O–H groups in total. The summed E-state index contributed by atoms with van der Waals surface area (Å²) in [7, 11) is 3.76. The maximum Gasteiger partial charge on any atom is 0.191 e. The fourth-order valence-corrected chi connectivity index (χ4v) is 3.18. The third kappa shape index (κ3) is 5.09. The normalized spacial score (nSPS) is 17.2. The molecule has 9 heteroatoms. The van der Waals surface area contributed by atoms with Gasteiger partial charge in [0.15, 0.2) is 11.8 Å². The Hall–Kier alpha value is -1.36. The molecule has 142 valence electrons. The summed E-state index contributed by atoms with van der Waals surface area (Å²) in [6.45, 7) is 4.54. The molecule has 1 aromatic carbocycles. The lowest BCUT2D eigenvalue weighted by molar-refractivity contribution is 0.639. The number of nitrogens with zero attached hydrogens (tertiary/aromatic N) is 5. The van der Waals surface area contributed by atoms with Crippen LogP contribution in [0.25, 0.3) is 0 Å². The maximum absolute atomic E-state index is 4.32. The lowest BCUT2D eigenvalue weighted by Crippen LogP contribution is -2.44. The van der Waals surface area contributed by atoms with E-state index in [4.69, 9.17) is 0 Å². The van der Waals surface area contributed by atoms with Crippen molar-refractivity contribution in [2.75, 3.05) is 25.0 Å². The van der Waals surface area contributed by atoms with E-state index in [0.717, 1.165) is 41.6 Å². The van der Waals surface area contributed by atoms with Crippen molar-refractivity contribution in [3.8, 4) is 0 Å². The largest absolute Gasteiger partial charge is 0.369 e. The Kier molecular flexibility index (Phi) is 7.69. The third-order valence-electron chi connectivity index (χ3n) is 4.54. The van der Waals surface area contributed by atoms with Crippen LogP contribution in [0.15, 0.2) is 33.7 Å². The van der Waals surface area contributed by atoms with Crippen LogP contribution in [0.4, 0.5) is 5.69 Å². The summed E-state index contributed by atoms with van der Waals surface area (Å²) >= 11 is 3.48. The monoisotopic (exact) mass is 533 g/mol. The predicted octanol–water partition coefficient (Wildman–Crippen LogP) is 2.45. The minimum Gasteiger partial charge on any atom is -0.369 e. The average molecular weight is 534 g/mol. The number of nitrogens with one attached hydrogen (secondary N) is 2. The molecule has 1 aliphatic heterocycles. The Morgan fingerprint density at radius 3 is 2.65 bits per heavy atom. The zero-order valence-electron chi connectivity index (χ0n) is 15.2. The first-order chi connectivity index (χ1) is 12.1. The molecule has 0 radical (unpaired) electrons. The van der Waals surface area contributed by atoms with Crippen LogP contribution in [0.2, 0.25) is 0 Å². The number of anilines is 1. The highest BCUT2D eigenvalue weighted by Gasteiger charge is 2.23. The quantitative estimate of drug-likeness (QED) is 0.359. The number of aryl methyl sites for hydroxylation is 1. The number of rotatable bonds is 4. The van der Waals surface area contributed by atoms with E-state index in [9.17, 15) is 0 Å². The van der Waals surface area contributed by atoms with Gasteiger partial charge in [0.25, 0.3) is 0 Å². The van der Waals surface area contributed by atoms with Gasteiger partial charge in [-0.1, -0.05) is 15.9 Å². The minimum absolute atomic E-state index is 0. The van der Waals surface area contributed by atoms with Gasteiger partial charge in [-0.05, 0) is 37.6 Å². The molecular formula is C17H25BrIN7. The second kappa shape index (κ2) is 9.54. The molecule has 1 unspecified atom stereocenters. The van der Waals surface area contributed by atoms with Gasteiger partial charge < -0.3 is 20.1 Å². The molecular weight excluding hydrogens is 509 g/mol. The van der Waals surface area contributed by atoms with E-state index < -0.39 is 0 Å². The molecule has 1 atom stereocenters. The average Bonchev–Trinajstić information content (AvgIpc) is 3.20. The number of hydrogen-bond acceptors (Lipinski definition) is 4. The molecule has 1 fully saturated rings. The summed E-state index contributed by atoms with van der Waals surface area (Å²) in [6, 6.07) is 8.83. The molecule has 3 rings (SSSR count). The second-order valence-electron chi connectivity index (χ2n) is 6.20. The Morgan fingerprint density at radius 1 is 1.31 bits per heavy atom. The number of halogens is 2. The van der Waals surface area contributed by atoms with Crippen LogP contribution in [0, 0.1) is 6.92 Å². The summed E-state index contributed by atoms with van der Waals surface area (Å²) in [5, 5.41) is 15.1. The topological polar surface area (TPSA) is 70.4 Å². The molecule has 0 aliphatic carbocycles. The van der Waals surface area contributed by atoms with Crippen LogP contribution in [-0.2, 0) is 13.6 Å². The molecule has 2 heterocycles. The van der Waals surface area contributed by atoms with Gasteiger partial charge in [0.2, 0.25) is 0 Å². The summed E-state index contributed by atoms with van der Waals surface area (Å²) in [6.07, 6.45) is 1.08. The van der Waals surface area contributed by atoms with Gasteiger partial charge >= 0.3 is 0 Å². The molecule has 2 aromatic rings. The van der Waals surface area contributed by atoms with Crippen LogP contribution in [0.1, 0.15) is 18.1 Å². The highest BCUT2D eigenvalue weighted by molar-refractivity contribution is 14.0. The first-order valence-electron chi connectivity index (χ1n) is 8.39. The van der Waals surface area contributed by atoms with E-state index >= 15 is 0 Å². The van der Waals surface area contributed by atoms with Crippen molar-refractivity contribution in [3.63, 3.8) is 0 Å². The van der Waals surface area contributed by atoms with Crippen LogP contribution >= 0.6 is 39.9 Å². The van der Waals surface area contributed by atoms with Crippen LogP contribution in [-0.4, -0.2) is 46.9 Å². The number of benzene rings is 1. The van der Waals surface area contributed by atoms with Crippen molar-refractivity contribution in [2.45, 2.75) is 25.9 Å². The van der Waals surface area contributed by atoms with Crippen molar-refractivity contribution in [3.05, 3.63) is 40.4 Å². The van der Waals surface area contributed by atoms with Crippen LogP contribution in [0.3, 0.4) is 0 Å². The first kappa shape index (κ1) is 20.9. The highest BCUT2D eigenvalue weighted by Crippen LogP contribution is 2.22. The molecule has 0 bridgehead atoms. The minimum atomic E-state index is 0. The number of guanidine groups is 1. The zero-order valence-corrected chi connectivity index (χ0v) is 19.2.